The molecule has 0 unspecified atom stereocenters. The zero-order valence-corrected chi connectivity index (χ0v) is 11.6. The van der Waals surface area contributed by atoms with E-state index in [1.165, 1.54) is 0 Å². The van der Waals surface area contributed by atoms with Gasteiger partial charge in [-0.15, -0.1) is 0 Å². The van der Waals surface area contributed by atoms with E-state index < -0.39 is 6.04 Å². The molecule has 2 N–H and O–H groups in total. The Labute approximate surface area is 117 Å². The highest BCUT2D eigenvalue weighted by Crippen LogP contribution is 2.23. The summed E-state index contributed by atoms with van der Waals surface area (Å²) in [6, 6.07) is 8.64. The molecule has 1 amide bonds. The van der Waals surface area contributed by atoms with E-state index in [4.69, 9.17) is 9.26 Å². The molecule has 0 saturated carbocycles. The number of para-hydroxylation sites is 2. The van der Waals surface area contributed by atoms with Crippen molar-refractivity contribution < 1.29 is 14.1 Å². The first-order valence-electron chi connectivity index (χ1n) is 6.24. The van der Waals surface area contributed by atoms with Crippen LogP contribution in [0.15, 0.2) is 34.9 Å². The molecule has 1 aromatic carbocycles. The number of hydrogen-bond acceptors (Lipinski definition) is 5. The molecule has 0 spiro atoms. The number of aryl methyl sites for hydroxylation is 1. The van der Waals surface area contributed by atoms with Crippen molar-refractivity contribution in [2.75, 3.05) is 17.7 Å². The van der Waals surface area contributed by atoms with Gasteiger partial charge in [-0.1, -0.05) is 17.3 Å². The Morgan fingerprint density at radius 2 is 2.15 bits per heavy atom. The lowest BCUT2D eigenvalue weighted by Crippen LogP contribution is -2.32. The van der Waals surface area contributed by atoms with E-state index in [0.717, 1.165) is 5.69 Å². The largest absolute Gasteiger partial charge is 0.495 e. The lowest BCUT2D eigenvalue weighted by molar-refractivity contribution is -0.116. The van der Waals surface area contributed by atoms with Gasteiger partial charge >= 0.3 is 0 Å². The average Bonchev–Trinajstić information content (AvgIpc) is 2.84. The van der Waals surface area contributed by atoms with E-state index in [0.29, 0.717) is 17.3 Å². The fraction of sp³-hybridized carbons (Fsp3) is 0.286. The number of rotatable bonds is 5. The Morgan fingerprint density at radius 1 is 1.40 bits per heavy atom. The summed E-state index contributed by atoms with van der Waals surface area (Å²) < 4.78 is 10.1. The normalized spacial score (nSPS) is 11.8. The topological polar surface area (TPSA) is 76.4 Å². The smallest absolute Gasteiger partial charge is 0.247 e. The molecule has 0 bridgehead atoms. The number of amides is 1. The molecule has 2 aromatic rings. The van der Waals surface area contributed by atoms with E-state index in [9.17, 15) is 4.79 Å². The predicted molar refractivity (Wildman–Crippen MR) is 75.9 cm³/mol. The van der Waals surface area contributed by atoms with Crippen molar-refractivity contribution in [2.45, 2.75) is 19.9 Å². The molecular formula is C14H17N3O3. The molecule has 0 saturated heterocycles. The fourth-order valence-corrected chi connectivity index (χ4v) is 1.72. The first kappa shape index (κ1) is 13.9. The minimum absolute atomic E-state index is 0.204. The maximum atomic E-state index is 12.0. The van der Waals surface area contributed by atoms with Crippen LogP contribution in [0.4, 0.5) is 11.5 Å². The van der Waals surface area contributed by atoms with Crippen LogP contribution in [0.1, 0.15) is 12.7 Å². The minimum atomic E-state index is -0.441. The van der Waals surface area contributed by atoms with Crippen molar-refractivity contribution in [1.29, 1.82) is 0 Å². The molecule has 0 radical (unpaired) electrons. The van der Waals surface area contributed by atoms with Gasteiger partial charge in [0.2, 0.25) is 5.91 Å². The van der Waals surface area contributed by atoms with Crippen molar-refractivity contribution >= 4 is 17.4 Å². The van der Waals surface area contributed by atoms with Crippen LogP contribution in [0.5, 0.6) is 5.75 Å². The van der Waals surface area contributed by atoms with Crippen LogP contribution in [0.25, 0.3) is 0 Å². The van der Waals surface area contributed by atoms with Gasteiger partial charge in [0.15, 0.2) is 5.82 Å². The van der Waals surface area contributed by atoms with E-state index >= 15 is 0 Å². The summed E-state index contributed by atoms with van der Waals surface area (Å²) in [6.07, 6.45) is 0. The van der Waals surface area contributed by atoms with Crippen molar-refractivity contribution in [3.8, 4) is 5.75 Å². The van der Waals surface area contributed by atoms with Crippen LogP contribution in [0, 0.1) is 6.92 Å². The number of hydrogen-bond donors (Lipinski definition) is 2. The molecule has 6 nitrogen and oxygen atoms in total. The zero-order chi connectivity index (χ0) is 14.5. The van der Waals surface area contributed by atoms with Gasteiger partial charge in [0.25, 0.3) is 0 Å². The van der Waals surface area contributed by atoms with Gasteiger partial charge in [-0.3, -0.25) is 4.79 Å². The molecule has 1 atom stereocenters. The third-order valence-electron chi connectivity index (χ3n) is 2.75. The second kappa shape index (κ2) is 6.10. The van der Waals surface area contributed by atoms with Gasteiger partial charge in [0, 0.05) is 6.07 Å². The van der Waals surface area contributed by atoms with Crippen molar-refractivity contribution in [3.05, 3.63) is 36.1 Å². The number of carbonyl (C=O) groups excluding carboxylic acids is 1. The highest BCUT2D eigenvalue weighted by Gasteiger charge is 2.15. The molecule has 0 aliphatic carbocycles. The molecule has 106 valence electrons. The Hall–Kier alpha value is -2.50. The molecule has 1 heterocycles. The van der Waals surface area contributed by atoms with Crippen LogP contribution in [-0.2, 0) is 4.79 Å². The number of carbonyl (C=O) groups is 1. The highest BCUT2D eigenvalue weighted by atomic mass is 16.5. The first-order valence-corrected chi connectivity index (χ1v) is 6.24. The summed E-state index contributed by atoms with van der Waals surface area (Å²) in [6.45, 7) is 3.52. The quantitative estimate of drug-likeness (QED) is 0.876. The lowest BCUT2D eigenvalue weighted by Gasteiger charge is -2.16. The zero-order valence-electron chi connectivity index (χ0n) is 11.6. The summed E-state index contributed by atoms with van der Waals surface area (Å²) in [4.78, 5) is 12.0. The Balaban J connectivity index is 2.00. The third kappa shape index (κ3) is 3.28. The van der Waals surface area contributed by atoms with Gasteiger partial charge in [-0.25, -0.2) is 0 Å². The van der Waals surface area contributed by atoms with Crippen LogP contribution in [0.2, 0.25) is 0 Å². The molecule has 6 heteroatoms. The van der Waals surface area contributed by atoms with E-state index in [-0.39, 0.29) is 5.91 Å². The van der Waals surface area contributed by atoms with Crippen molar-refractivity contribution in [3.63, 3.8) is 0 Å². The molecule has 20 heavy (non-hydrogen) atoms. The van der Waals surface area contributed by atoms with Crippen LogP contribution in [0.3, 0.4) is 0 Å². The SMILES string of the molecule is COc1ccccc1N[C@H](C)C(=O)Nc1cc(C)on1. The Bertz CT molecular complexity index is 595. The molecule has 0 fully saturated rings. The summed E-state index contributed by atoms with van der Waals surface area (Å²) in [5.41, 5.74) is 0.758. The summed E-state index contributed by atoms with van der Waals surface area (Å²) in [5.74, 6) is 1.53. The Kier molecular flexibility index (Phi) is 4.24. The Morgan fingerprint density at radius 3 is 2.80 bits per heavy atom. The van der Waals surface area contributed by atoms with E-state index in [1.54, 1.807) is 27.0 Å². The molecule has 2 rings (SSSR count). The van der Waals surface area contributed by atoms with E-state index in [2.05, 4.69) is 15.8 Å². The summed E-state index contributed by atoms with van der Waals surface area (Å²) >= 11 is 0. The van der Waals surface area contributed by atoms with Gasteiger partial charge in [0.1, 0.15) is 17.6 Å². The summed E-state index contributed by atoms with van der Waals surface area (Å²) in [5, 5.41) is 9.49. The molecule has 0 aliphatic rings. The maximum absolute atomic E-state index is 12.0. The average molecular weight is 275 g/mol. The number of nitrogens with zero attached hydrogens (tertiary/aromatic N) is 1. The van der Waals surface area contributed by atoms with Crippen molar-refractivity contribution in [1.82, 2.24) is 5.16 Å². The second-order valence-corrected chi connectivity index (χ2v) is 4.38. The number of ether oxygens (including phenoxy) is 1. The standard InChI is InChI=1S/C14H17N3O3/c1-9-8-13(17-20-9)16-14(18)10(2)15-11-6-4-5-7-12(11)19-3/h4-8,10,15H,1-3H3,(H,16,17,18)/t10-/m1/s1. The number of methoxy groups -OCH3 is 1. The van der Waals surface area contributed by atoms with E-state index in [1.807, 2.05) is 24.3 Å². The van der Waals surface area contributed by atoms with Crippen LogP contribution >= 0.6 is 0 Å². The number of anilines is 2. The lowest BCUT2D eigenvalue weighted by atomic mass is 10.2. The fourth-order valence-electron chi connectivity index (χ4n) is 1.72. The van der Waals surface area contributed by atoms with Crippen LogP contribution < -0.4 is 15.4 Å². The minimum Gasteiger partial charge on any atom is -0.495 e. The molecule has 0 aliphatic heterocycles. The molecular weight excluding hydrogens is 258 g/mol. The van der Waals surface area contributed by atoms with Gasteiger partial charge in [-0.2, -0.15) is 0 Å². The highest BCUT2D eigenvalue weighted by molar-refractivity contribution is 5.95. The third-order valence-corrected chi connectivity index (χ3v) is 2.75. The van der Waals surface area contributed by atoms with Crippen molar-refractivity contribution in [2.24, 2.45) is 0 Å². The van der Waals surface area contributed by atoms with Gasteiger partial charge in [0.05, 0.1) is 12.8 Å². The predicted octanol–water partition coefficient (Wildman–Crippen LogP) is 2.43. The monoisotopic (exact) mass is 275 g/mol. The van der Waals surface area contributed by atoms with Gasteiger partial charge < -0.3 is 19.9 Å². The number of nitrogens with one attached hydrogen (secondary N) is 2. The maximum Gasteiger partial charge on any atom is 0.247 e. The van der Waals surface area contributed by atoms with Crippen LogP contribution in [-0.4, -0.2) is 24.2 Å². The first-order chi connectivity index (χ1) is 9.60. The molecule has 1 aromatic heterocycles. The summed E-state index contributed by atoms with van der Waals surface area (Å²) in [7, 11) is 1.59. The number of aromatic nitrogens is 1. The number of benzene rings is 1. The second-order valence-electron chi connectivity index (χ2n) is 4.38. The van der Waals surface area contributed by atoms with Gasteiger partial charge in [-0.05, 0) is 26.0 Å².